The number of rotatable bonds is 6. The van der Waals surface area contributed by atoms with Crippen LogP contribution in [-0.4, -0.2) is 11.9 Å². The number of carbonyl (C=O) groups is 1. The van der Waals surface area contributed by atoms with Gasteiger partial charge in [-0.2, -0.15) is 11.3 Å². The van der Waals surface area contributed by atoms with Crippen molar-refractivity contribution in [2.75, 3.05) is 0 Å². The Balaban J connectivity index is 1.76. The zero-order chi connectivity index (χ0) is 14.4. The molecule has 4 heteroatoms. The van der Waals surface area contributed by atoms with E-state index in [9.17, 15) is 4.79 Å². The monoisotopic (exact) mass is 307 g/mol. The summed E-state index contributed by atoms with van der Waals surface area (Å²) in [6.07, 6.45) is 2.14. The van der Waals surface area contributed by atoms with Gasteiger partial charge in [-0.15, -0.1) is 0 Å². The lowest BCUT2D eigenvalue weighted by molar-refractivity contribution is -0.121. The molecule has 20 heavy (non-hydrogen) atoms. The maximum Gasteiger partial charge on any atom is 0.220 e. The van der Waals surface area contributed by atoms with Crippen molar-refractivity contribution in [2.24, 2.45) is 0 Å². The Hall–Kier alpha value is -1.32. The van der Waals surface area contributed by atoms with Gasteiger partial charge in [0.25, 0.3) is 0 Å². The second-order valence-electron chi connectivity index (χ2n) is 4.93. The van der Waals surface area contributed by atoms with Crippen molar-refractivity contribution in [1.82, 2.24) is 5.32 Å². The molecular formula is C16H18ClNOS. The zero-order valence-electron chi connectivity index (χ0n) is 11.4. The molecule has 0 fully saturated rings. The molecule has 1 aromatic heterocycles. The van der Waals surface area contributed by atoms with E-state index in [-0.39, 0.29) is 11.9 Å². The molecule has 2 rings (SSSR count). The highest BCUT2D eigenvalue weighted by atomic mass is 35.5. The number of aryl methyl sites for hydroxylation is 1. The molecule has 2 nitrogen and oxygen atoms in total. The zero-order valence-corrected chi connectivity index (χ0v) is 13.0. The summed E-state index contributed by atoms with van der Waals surface area (Å²) in [6.45, 7) is 2.02. The van der Waals surface area contributed by atoms with Gasteiger partial charge in [0.15, 0.2) is 0 Å². The molecule has 1 N–H and O–H groups in total. The van der Waals surface area contributed by atoms with Crippen molar-refractivity contribution < 1.29 is 4.79 Å². The normalized spacial score (nSPS) is 12.1. The van der Waals surface area contributed by atoms with Crippen LogP contribution in [-0.2, 0) is 17.6 Å². The highest BCUT2D eigenvalue weighted by Gasteiger charge is 2.08. The summed E-state index contributed by atoms with van der Waals surface area (Å²) in [6, 6.07) is 9.93. The molecule has 0 radical (unpaired) electrons. The van der Waals surface area contributed by atoms with Crippen molar-refractivity contribution >= 4 is 28.8 Å². The molecule has 1 atom stereocenters. The second-order valence-corrected chi connectivity index (χ2v) is 6.15. The Morgan fingerprint density at radius 3 is 2.90 bits per heavy atom. The molecule has 106 valence electrons. The van der Waals surface area contributed by atoms with Gasteiger partial charge in [-0.05, 0) is 59.9 Å². The van der Waals surface area contributed by atoms with E-state index in [1.807, 2.05) is 36.6 Å². The molecule has 1 aromatic carbocycles. The number of halogens is 1. The van der Waals surface area contributed by atoms with Crippen LogP contribution in [0.3, 0.4) is 0 Å². The molecule has 0 spiro atoms. The molecule has 1 heterocycles. The molecule has 0 aliphatic carbocycles. The third-order valence-electron chi connectivity index (χ3n) is 3.06. The summed E-state index contributed by atoms with van der Waals surface area (Å²) in [5, 5.41) is 7.89. The fraction of sp³-hybridized carbons (Fsp3) is 0.312. The van der Waals surface area contributed by atoms with Crippen molar-refractivity contribution in [3.05, 3.63) is 57.2 Å². The first-order chi connectivity index (χ1) is 9.63. The largest absolute Gasteiger partial charge is 0.353 e. The SMILES string of the molecule is CC(Cc1cccc(Cl)c1)NC(=O)CCc1ccsc1. The van der Waals surface area contributed by atoms with Gasteiger partial charge in [0, 0.05) is 17.5 Å². The van der Waals surface area contributed by atoms with Crippen molar-refractivity contribution in [3.63, 3.8) is 0 Å². The van der Waals surface area contributed by atoms with Gasteiger partial charge in [0.1, 0.15) is 0 Å². The predicted octanol–water partition coefficient (Wildman–Crippen LogP) is 4.08. The standard InChI is InChI=1S/C16H18ClNOS/c1-12(9-14-3-2-4-15(17)10-14)18-16(19)6-5-13-7-8-20-11-13/h2-4,7-8,10-12H,5-6,9H2,1H3,(H,18,19). The lowest BCUT2D eigenvalue weighted by atomic mass is 10.1. The Kier molecular flexibility index (Phi) is 5.62. The Morgan fingerprint density at radius 2 is 2.20 bits per heavy atom. The quantitative estimate of drug-likeness (QED) is 0.856. The van der Waals surface area contributed by atoms with Gasteiger partial charge in [0.05, 0.1) is 0 Å². The minimum absolute atomic E-state index is 0.103. The number of hydrogen-bond donors (Lipinski definition) is 1. The minimum Gasteiger partial charge on any atom is -0.353 e. The van der Waals surface area contributed by atoms with Crippen LogP contribution in [0.4, 0.5) is 0 Å². The number of nitrogens with one attached hydrogen (secondary N) is 1. The number of amides is 1. The van der Waals surface area contributed by atoms with Gasteiger partial charge < -0.3 is 5.32 Å². The van der Waals surface area contributed by atoms with Crippen LogP contribution >= 0.6 is 22.9 Å². The number of thiophene rings is 1. The predicted molar refractivity (Wildman–Crippen MR) is 85.4 cm³/mol. The van der Waals surface area contributed by atoms with Gasteiger partial charge in [0.2, 0.25) is 5.91 Å². The average Bonchev–Trinajstić information content (AvgIpc) is 2.89. The molecule has 0 aliphatic rings. The second kappa shape index (κ2) is 7.46. The van der Waals surface area contributed by atoms with Crippen LogP contribution in [0.2, 0.25) is 5.02 Å². The van der Waals surface area contributed by atoms with E-state index in [4.69, 9.17) is 11.6 Å². The highest BCUT2D eigenvalue weighted by Crippen LogP contribution is 2.12. The lowest BCUT2D eigenvalue weighted by Gasteiger charge is -2.14. The molecule has 0 saturated heterocycles. The Morgan fingerprint density at radius 1 is 1.35 bits per heavy atom. The number of carbonyl (C=O) groups excluding carboxylic acids is 1. The van der Waals surface area contributed by atoms with E-state index < -0.39 is 0 Å². The molecule has 1 unspecified atom stereocenters. The summed E-state index contributed by atoms with van der Waals surface area (Å²) < 4.78 is 0. The number of hydrogen-bond acceptors (Lipinski definition) is 2. The maximum atomic E-state index is 11.9. The van der Waals surface area contributed by atoms with Crippen molar-refractivity contribution in [3.8, 4) is 0 Å². The summed E-state index contributed by atoms with van der Waals surface area (Å²) in [7, 11) is 0. The van der Waals surface area contributed by atoms with Crippen molar-refractivity contribution in [1.29, 1.82) is 0 Å². The van der Waals surface area contributed by atoms with Gasteiger partial charge in [-0.1, -0.05) is 23.7 Å². The van der Waals surface area contributed by atoms with Crippen LogP contribution in [0.15, 0.2) is 41.1 Å². The van der Waals surface area contributed by atoms with Crippen LogP contribution in [0, 0.1) is 0 Å². The fourth-order valence-corrected chi connectivity index (χ4v) is 3.02. The summed E-state index contributed by atoms with van der Waals surface area (Å²) in [5.41, 5.74) is 2.37. The van der Waals surface area contributed by atoms with E-state index in [0.29, 0.717) is 6.42 Å². The Bertz CT molecular complexity index is 553. The summed E-state index contributed by atoms with van der Waals surface area (Å²) in [4.78, 5) is 11.9. The van der Waals surface area contributed by atoms with Gasteiger partial charge >= 0.3 is 0 Å². The Labute approximate surface area is 128 Å². The summed E-state index contributed by atoms with van der Waals surface area (Å²) >= 11 is 7.62. The highest BCUT2D eigenvalue weighted by molar-refractivity contribution is 7.07. The molecule has 0 bridgehead atoms. The average molecular weight is 308 g/mol. The molecule has 0 aliphatic heterocycles. The van der Waals surface area contributed by atoms with Crippen LogP contribution in [0.25, 0.3) is 0 Å². The molecular weight excluding hydrogens is 290 g/mol. The third-order valence-corrected chi connectivity index (χ3v) is 4.03. The first kappa shape index (κ1) is 15.1. The van der Waals surface area contributed by atoms with E-state index in [1.54, 1.807) is 11.3 Å². The fourth-order valence-electron chi connectivity index (χ4n) is 2.11. The molecule has 2 aromatic rings. The van der Waals surface area contributed by atoms with Gasteiger partial charge in [-0.3, -0.25) is 4.79 Å². The van der Waals surface area contributed by atoms with E-state index in [1.165, 1.54) is 5.56 Å². The van der Waals surface area contributed by atoms with Crippen LogP contribution < -0.4 is 5.32 Å². The summed E-state index contributed by atoms with van der Waals surface area (Å²) in [5.74, 6) is 0.103. The lowest BCUT2D eigenvalue weighted by Crippen LogP contribution is -2.34. The van der Waals surface area contributed by atoms with Crippen LogP contribution in [0.1, 0.15) is 24.5 Å². The third kappa shape index (κ3) is 4.99. The smallest absolute Gasteiger partial charge is 0.220 e. The first-order valence-corrected chi connectivity index (χ1v) is 8.00. The molecule has 0 saturated carbocycles. The first-order valence-electron chi connectivity index (χ1n) is 6.68. The maximum absolute atomic E-state index is 11.9. The van der Waals surface area contributed by atoms with Crippen LogP contribution in [0.5, 0.6) is 0 Å². The molecule has 1 amide bonds. The van der Waals surface area contributed by atoms with E-state index >= 15 is 0 Å². The van der Waals surface area contributed by atoms with Gasteiger partial charge in [-0.25, -0.2) is 0 Å². The minimum atomic E-state index is 0.103. The number of benzene rings is 1. The topological polar surface area (TPSA) is 29.1 Å². The van der Waals surface area contributed by atoms with Crippen molar-refractivity contribution in [2.45, 2.75) is 32.2 Å². The van der Waals surface area contributed by atoms with E-state index in [0.717, 1.165) is 23.4 Å². The van der Waals surface area contributed by atoms with E-state index in [2.05, 4.69) is 16.8 Å².